The topological polar surface area (TPSA) is 55.8 Å². The van der Waals surface area contributed by atoms with Crippen LogP contribution < -0.4 is 9.47 Å². The summed E-state index contributed by atoms with van der Waals surface area (Å²) in [6.07, 6.45) is 3.28. The molecular weight excluding hydrogens is 609 g/mol. The minimum atomic E-state index is -0.255. The van der Waals surface area contributed by atoms with Gasteiger partial charge in [0.2, 0.25) is 0 Å². The highest BCUT2D eigenvalue weighted by Crippen LogP contribution is 2.38. The number of ether oxygens (including phenoxy) is 2. The average Bonchev–Trinajstić information content (AvgIpc) is 3.13. The Labute approximate surface area is 233 Å². The first-order valence-corrected chi connectivity index (χ1v) is 13.8. The highest BCUT2D eigenvalue weighted by molar-refractivity contribution is 14.1. The fourth-order valence-electron chi connectivity index (χ4n) is 3.74. The number of carbonyl (C=O) groups excluding carboxylic acids is 2. The predicted molar refractivity (Wildman–Crippen MR) is 154 cm³/mol. The number of aryl methyl sites for hydroxylation is 1. The minimum absolute atomic E-state index is 0.234. The van der Waals surface area contributed by atoms with E-state index >= 15 is 0 Å². The fourth-order valence-corrected chi connectivity index (χ4v) is 5.51. The Morgan fingerprint density at radius 2 is 1.75 bits per heavy atom. The van der Waals surface area contributed by atoms with E-state index in [1.807, 2.05) is 73.7 Å². The summed E-state index contributed by atoms with van der Waals surface area (Å²) in [7, 11) is 0. The van der Waals surface area contributed by atoms with E-state index in [0.717, 1.165) is 39.3 Å². The quantitative estimate of drug-likeness (QED) is 0.170. The lowest BCUT2D eigenvalue weighted by atomic mass is 10.1. The zero-order chi connectivity index (χ0) is 25.5. The molecule has 1 heterocycles. The molecule has 0 N–H and O–H groups in total. The lowest BCUT2D eigenvalue weighted by molar-refractivity contribution is -0.122. The molecule has 0 spiro atoms. The van der Waals surface area contributed by atoms with Crippen LogP contribution in [-0.4, -0.2) is 29.2 Å². The van der Waals surface area contributed by atoms with Gasteiger partial charge in [-0.15, -0.1) is 0 Å². The third-order valence-corrected chi connectivity index (χ3v) is 7.45. The summed E-state index contributed by atoms with van der Waals surface area (Å²) in [5, 5.41) is 0.440. The van der Waals surface area contributed by atoms with E-state index in [4.69, 9.17) is 21.1 Å². The molecule has 1 saturated heterocycles. The first kappa shape index (κ1) is 26.6. The van der Waals surface area contributed by atoms with Gasteiger partial charge in [0.15, 0.2) is 11.5 Å². The molecule has 0 bridgehead atoms. The van der Waals surface area contributed by atoms with Gasteiger partial charge in [-0.2, -0.15) is 0 Å². The average molecular weight is 634 g/mol. The Kier molecular flexibility index (Phi) is 9.34. The van der Waals surface area contributed by atoms with Gasteiger partial charge in [-0.3, -0.25) is 14.5 Å². The molecule has 0 unspecified atom stereocenters. The monoisotopic (exact) mass is 633 g/mol. The molecule has 0 atom stereocenters. The van der Waals surface area contributed by atoms with Crippen molar-refractivity contribution in [3.05, 3.63) is 96.9 Å². The summed E-state index contributed by atoms with van der Waals surface area (Å²) in [5.41, 5.74) is 2.95. The number of hydrogen-bond donors (Lipinski definition) is 0. The van der Waals surface area contributed by atoms with E-state index in [2.05, 4.69) is 22.6 Å². The van der Waals surface area contributed by atoms with Crippen LogP contribution in [0.1, 0.15) is 30.0 Å². The van der Waals surface area contributed by atoms with Crippen molar-refractivity contribution >= 4 is 63.2 Å². The molecule has 5 nitrogen and oxygen atoms in total. The third-order valence-electron chi connectivity index (χ3n) is 5.49. The highest BCUT2D eigenvalue weighted by Gasteiger charge is 2.34. The summed E-state index contributed by atoms with van der Waals surface area (Å²) in [5.74, 6) is 0.972. The molecule has 8 heteroatoms. The van der Waals surface area contributed by atoms with Gasteiger partial charge in [0.25, 0.3) is 11.1 Å². The van der Waals surface area contributed by atoms with Crippen LogP contribution in [0, 0.1) is 3.57 Å². The highest BCUT2D eigenvalue weighted by atomic mass is 127. The van der Waals surface area contributed by atoms with Crippen LogP contribution in [0.3, 0.4) is 0 Å². The molecule has 186 valence electrons. The van der Waals surface area contributed by atoms with Crippen LogP contribution in [-0.2, 0) is 17.8 Å². The maximum atomic E-state index is 13.0. The first-order valence-electron chi connectivity index (χ1n) is 11.6. The number of thioether (sulfide) groups is 1. The Hall–Kier alpha value is -2.49. The van der Waals surface area contributed by atoms with Gasteiger partial charge >= 0.3 is 0 Å². The summed E-state index contributed by atoms with van der Waals surface area (Å²) in [6.45, 7) is 3.14. The zero-order valence-electron chi connectivity index (χ0n) is 19.7. The van der Waals surface area contributed by atoms with Gasteiger partial charge in [-0.05, 0) is 101 Å². The minimum Gasteiger partial charge on any atom is -0.490 e. The molecule has 36 heavy (non-hydrogen) atoms. The van der Waals surface area contributed by atoms with Crippen molar-refractivity contribution in [1.82, 2.24) is 4.90 Å². The van der Waals surface area contributed by atoms with Crippen molar-refractivity contribution in [2.24, 2.45) is 0 Å². The number of rotatable bonds is 10. The van der Waals surface area contributed by atoms with E-state index in [1.165, 1.54) is 10.5 Å². The Bertz CT molecular complexity index is 1260. The number of halogens is 2. The number of imide groups is 1. The largest absolute Gasteiger partial charge is 0.490 e. The number of carbonyl (C=O) groups is 2. The molecule has 4 rings (SSSR count). The fraction of sp³-hybridized carbons (Fsp3) is 0.214. The molecule has 0 saturated carbocycles. The van der Waals surface area contributed by atoms with Gasteiger partial charge in [-0.1, -0.05) is 54.1 Å². The van der Waals surface area contributed by atoms with Crippen LogP contribution in [0.25, 0.3) is 6.08 Å². The van der Waals surface area contributed by atoms with Crippen molar-refractivity contribution in [2.75, 3.05) is 13.2 Å². The van der Waals surface area contributed by atoms with E-state index in [0.29, 0.717) is 41.2 Å². The molecule has 3 aromatic rings. The molecule has 1 aliphatic heterocycles. The normalized spacial score (nSPS) is 14.5. The summed E-state index contributed by atoms with van der Waals surface area (Å²) < 4.78 is 12.8. The lowest BCUT2D eigenvalue weighted by Gasteiger charge is -2.15. The molecule has 1 fully saturated rings. The van der Waals surface area contributed by atoms with Crippen molar-refractivity contribution in [3.63, 3.8) is 0 Å². The number of nitrogens with zero attached hydrogens (tertiary/aromatic N) is 1. The van der Waals surface area contributed by atoms with E-state index < -0.39 is 0 Å². The summed E-state index contributed by atoms with van der Waals surface area (Å²) in [6, 6.07) is 21.3. The second kappa shape index (κ2) is 12.7. The van der Waals surface area contributed by atoms with Gasteiger partial charge in [0.05, 0.1) is 15.1 Å². The number of benzene rings is 3. The van der Waals surface area contributed by atoms with Gasteiger partial charge in [-0.25, -0.2) is 0 Å². The SMILES string of the molecule is CCOc1cc(/C=C2/SC(=O)N(CCCc3ccccc3)C2=O)cc(I)c1OCc1ccc(Cl)cc1. The number of hydrogen-bond acceptors (Lipinski definition) is 5. The molecule has 1 aliphatic rings. The van der Waals surface area contributed by atoms with Gasteiger partial charge in [0.1, 0.15) is 6.61 Å². The van der Waals surface area contributed by atoms with Crippen LogP contribution in [0.5, 0.6) is 11.5 Å². The van der Waals surface area contributed by atoms with Crippen molar-refractivity contribution in [1.29, 1.82) is 0 Å². The van der Waals surface area contributed by atoms with E-state index in [9.17, 15) is 9.59 Å². The molecular formula is C28H25ClINO4S. The maximum Gasteiger partial charge on any atom is 0.293 e. The van der Waals surface area contributed by atoms with Crippen molar-refractivity contribution < 1.29 is 19.1 Å². The molecule has 0 radical (unpaired) electrons. The Balaban J connectivity index is 1.46. The molecule has 3 aromatic carbocycles. The van der Waals surface area contributed by atoms with Crippen LogP contribution in [0.15, 0.2) is 71.6 Å². The zero-order valence-corrected chi connectivity index (χ0v) is 23.4. The lowest BCUT2D eigenvalue weighted by Crippen LogP contribution is -2.29. The Morgan fingerprint density at radius 3 is 2.47 bits per heavy atom. The van der Waals surface area contributed by atoms with Crippen LogP contribution in [0.4, 0.5) is 4.79 Å². The van der Waals surface area contributed by atoms with E-state index in [-0.39, 0.29) is 11.1 Å². The standard InChI is InChI=1S/C28H25ClINO4S/c1-2-34-24-16-21(15-23(30)26(24)35-18-20-10-12-22(29)13-11-20)17-25-27(32)31(28(33)36-25)14-6-9-19-7-4-3-5-8-19/h3-5,7-8,10-13,15-17H,2,6,9,14,18H2,1H3/b25-17+. The van der Waals surface area contributed by atoms with Gasteiger partial charge in [0, 0.05) is 11.6 Å². The second-order valence-corrected chi connectivity index (χ2v) is 10.7. The van der Waals surface area contributed by atoms with Gasteiger partial charge < -0.3 is 9.47 Å². The van der Waals surface area contributed by atoms with Crippen LogP contribution >= 0.6 is 46.0 Å². The van der Waals surface area contributed by atoms with Crippen LogP contribution in [0.2, 0.25) is 5.02 Å². The Morgan fingerprint density at radius 1 is 1.00 bits per heavy atom. The summed E-state index contributed by atoms with van der Waals surface area (Å²) >= 11 is 9.14. The van der Waals surface area contributed by atoms with E-state index in [1.54, 1.807) is 6.08 Å². The maximum absolute atomic E-state index is 13.0. The van der Waals surface area contributed by atoms with Crippen molar-refractivity contribution in [3.8, 4) is 11.5 Å². The smallest absolute Gasteiger partial charge is 0.293 e. The summed E-state index contributed by atoms with van der Waals surface area (Å²) in [4.78, 5) is 27.2. The third kappa shape index (κ3) is 6.83. The molecule has 0 aliphatic carbocycles. The second-order valence-electron chi connectivity index (χ2n) is 8.10. The molecule has 0 aromatic heterocycles. The first-order chi connectivity index (χ1) is 17.4. The number of amides is 2. The predicted octanol–water partition coefficient (Wildman–Crippen LogP) is 7.59. The van der Waals surface area contributed by atoms with Crippen molar-refractivity contribution in [2.45, 2.75) is 26.4 Å². The molecule has 2 amide bonds.